The van der Waals surface area contributed by atoms with Gasteiger partial charge in [0.15, 0.2) is 0 Å². The van der Waals surface area contributed by atoms with Crippen LogP contribution in [0.2, 0.25) is 0 Å². The summed E-state index contributed by atoms with van der Waals surface area (Å²) in [6.45, 7) is 7.91. The van der Waals surface area contributed by atoms with E-state index < -0.39 is 5.91 Å². The number of hydrogen-bond acceptors (Lipinski definition) is 6. The number of amides is 1. The number of likely N-dealkylation sites (N-methyl/N-ethyl adjacent to an activating group) is 1. The maximum Gasteiger partial charge on any atom is 0.254 e. The minimum Gasteiger partial charge on any atom is -0.365 e. The van der Waals surface area contributed by atoms with Gasteiger partial charge in [-0.05, 0) is 25.8 Å². The van der Waals surface area contributed by atoms with Crippen molar-refractivity contribution in [2.24, 2.45) is 11.7 Å². The Morgan fingerprint density at radius 3 is 2.39 bits per heavy atom. The Labute approximate surface area is 137 Å². The Hall–Kier alpha value is -1.89. The van der Waals surface area contributed by atoms with Gasteiger partial charge >= 0.3 is 0 Å². The highest BCUT2D eigenvalue weighted by atomic mass is 16.1. The number of piperazine rings is 1. The fourth-order valence-corrected chi connectivity index (χ4v) is 3.16. The van der Waals surface area contributed by atoms with Gasteiger partial charge in [0.1, 0.15) is 11.4 Å². The number of aromatic nitrogens is 2. The average molecular weight is 318 g/mol. The Bertz CT molecular complexity index is 562. The van der Waals surface area contributed by atoms with Crippen molar-refractivity contribution in [2.45, 2.75) is 19.8 Å². The second-order valence-corrected chi connectivity index (χ2v) is 6.73. The molecule has 23 heavy (non-hydrogen) atoms. The minimum atomic E-state index is -0.455. The number of rotatable bonds is 3. The van der Waals surface area contributed by atoms with Crippen molar-refractivity contribution in [3.63, 3.8) is 0 Å². The molecule has 3 heterocycles. The maximum absolute atomic E-state index is 11.8. The standard InChI is InChI=1S/C16H26N6O/c1-12-3-5-21(6-4-12)15-13(14(17)23)11-18-16(19-15)22-9-7-20(2)8-10-22/h11-12H,3-10H2,1-2H3,(H2,17,23). The van der Waals surface area contributed by atoms with Crippen LogP contribution in [0.1, 0.15) is 30.1 Å². The molecule has 0 spiro atoms. The van der Waals surface area contributed by atoms with Crippen LogP contribution in [-0.4, -0.2) is 67.1 Å². The van der Waals surface area contributed by atoms with Gasteiger partial charge in [-0.3, -0.25) is 4.79 Å². The van der Waals surface area contributed by atoms with Gasteiger partial charge in [0.25, 0.3) is 5.91 Å². The van der Waals surface area contributed by atoms with Crippen molar-refractivity contribution in [3.8, 4) is 0 Å². The molecule has 0 unspecified atom stereocenters. The van der Waals surface area contributed by atoms with Gasteiger partial charge in [-0.25, -0.2) is 4.98 Å². The number of hydrogen-bond donors (Lipinski definition) is 1. The van der Waals surface area contributed by atoms with Crippen molar-refractivity contribution in [3.05, 3.63) is 11.8 Å². The van der Waals surface area contributed by atoms with Crippen molar-refractivity contribution >= 4 is 17.7 Å². The third kappa shape index (κ3) is 3.55. The van der Waals surface area contributed by atoms with Crippen LogP contribution >= 0.6 is 0 Å². The fourth-order valence-electron chi connectivity index (χ4n) is 3.16. The molecule has 126 valence electrons. The summed E-state index contributed by atoms with van der Waals surface area (Å²) in [6, 6.07) is 0. The first-order valence-electron chi connectivity index (χ1n) is 8.40. The summed E-state index contributed by atoms with van der Waals surface area (Å²) in [4.78, 5) is 27.5. The molecule has 0 bridgehead atoms. The van der Waals surface area contributed by atoms with E-state index in [-0.39, 0.29) is 0 Å². The minimum absolute atomic E-state index is 0.428. The third-order valence-corrected chi connectivity index (χ3v) is 4.89. The maximum atomic E-state index is 11.8. The monoisotopic (exact) mass is 318 g/mol. The largest absolute Gasteiger partial charge is 0.365 e. The lowest BCUT2D eigenvalue weighted by atomic mass is 9.99. The summed E-state index contributed by atoms with van der Waals surface area (Å²) < 4.78 is 0. The van der Waals surface area contributed by atoms with Crippen LogP contribution in [0.5, 0.6) is 0 Å². The Balaban J connectivity index is 1.86. The topological polar surface area (TPSA) is 78.6 Å². The first-order valence-corrected chi connectivity index (χ1v) is 8.40. The van der Waals surface area contributed by atoms with E-state index in [2.05, 4.69) is 33.7 Å². The molecule has 0 aliphatic carbocycles. The first kappa shape index (κ1) is 16.0. The Kier molecular flexibility index (Phi) is 4.66. The van der Waals surface area contributed by atoms with Gasteiger partial charge in [-0.2, -0.15) is 4.98 Å². The van der Waals surface area contributed by atoms with Crippen LogP contribution < -0.4 is 15.5 Å². The van der Waals surface area contributed by atoms with Crippen LogP contribution in [0.3, 0.4) is 0 Å². The third-order valence-electron chi connectivity index (χ3n) is 4.89. The number of primary amides is 1. The summed E-state index contributed by atoms with van der Waals surface area (Å²) in [5.41, 5.74) is 5.96. The summed E-state index contributed by atoms with van der Waals surface area (Å²) in [5, 5.41) is 0. The van der Waals surface area contributed by atoms with E-state index in [0.29, 0.717) is 17.3 Å². The zero-order valence-electron chi connectivity index (χ0n) is 14.0. The number of nitrogens with two attached hydrogens (primary N) is 1. The quantitative estimate of drug-likeness (QED) is 0.877. The molecule has 2 saturated heterocycles. The van der Waals surface area contributed by atoms with E-state index in [4.69, 9.17) is 10.7 Å². The average Bonchev–Trinajstić information content (AvgIpc) is 2.55. The molecule has 1 aromatic rings. The molecule has 2 aliphatic rings. The van der Waals surface area contributed by atoms with Crippen LogP contribution in [0.15, 0.2) is 6.20 Å². The highest BCUT2D eigenvalue weighted by Crippen LogP contribution is 2.26. The number of anilines is 2. The number of carbonyl (C=O) groups is 1. The van der Waals surface area contributed by atoms with Crippen LogP contribution in [0.4, 0.5) is 11.8 Å². The molecule has 3 rings (SSSR count). The molecule has 0 atom stereocenters. The second-order valence-electron chi connectivity index (χ2n) is 6.73. The van der Waals surface area contributed by atoms with Gasteiger partial charge in [0, 0.05) is 45.5 Å². The zero-order chi connectivity index (χ0) is 16.4. The Morgan fingerprint density at radius 2 is 1.78 bits per heavy atom. The van der Waals surface area contributed by atoms with Gasteiger partial charge in [-0.1, -0.05) is 6.92 Å². The van der Waals surface area contributed by atoms with Crippen molar-refractivity contribution in [2.75, 3.05) is 56.1 Å². The molecule has 2 fully saturated rings. The number of piperidine rings is 1. The molecule has 1 aromatic heterocycles. The first-order chi connectivity index (χ1) is 11.0. The lowest BCUT2D eigenvalue weighted by molar-refractivity contribution is 0.1000. The predicted molar refractivity (Wildman–Crippen MR) is 90.9 cm³/mol. The zero-order valence-corrected chi connectivity index (χ0v) is 14.0. The van der Waals surface area contributed by atoms with Gasteiger partial charge in [-0.15, -0.1) is 0 Å². The summed E-state index contributed by atoms with van der Waals surface area (Å²) in [5.74, 6) is 1.68. The van der Waals surface area contributed by atoms with Crippen molar-refractivity contribution in [1.82, 2.24) is 14.9 Å². The normalized spacial score (nSPS) is 20.8. The fraction of sp³-hybridized carbons (Fsp3) is 0.688. The van der Waals surface area contributed by atoms with E-state index in [1.165, 1.54) is 0 Å². The van der Waals surface area contributed by atoms with Gasteiger partial charge in [0.05, 0.1) is 0 Å². The van der Waals surface area contributed by atoms with Crippen LogP contribution in [-0.2, 0) is 0 Å². The van der Waals surface area contributed by atoms with E-state index >= 15 is 0 Å². The van der Waals surface area contributed by atoms with Crippen LogP contribution in [0, 0.1) is 5.92 Å². The molecule has 2 N–H and O–H groups in total. The van der Waals surface area contributed by atoms with E-state index in [1.807, 2.05) is 0 Å². The summed E-state index contributed by atoms with van der Waals surface area (Å²) in [6.07, 6.45) is 3.83. The number of nitrogens with zero attached hydrogens (tertiary/aromatic N) is 5. The molecule has 7 nitrogen and oxygen atoms in total. The molecular formula is C16H26N6O. The van der Waals surface area contributed by atoms with E-state index in [9.17, 15) is 4.79 Å². The summed E-state index contributed by atoms with van der Waals surface area (Å²) in [7, 11) is 2.12. The molecular weight excluding hydrogens is 292 g/mol. The molecule has 2 aliphatic heterocycles. The Morgan fingerprint density at radius 1 is 1.13 bits per heavy atom. The highest BCUT2D eigenvalue weighted by molar-refractivity contribution is 5.97. The second kappa shape index (κ2) is 6.70. The van der Waals surface area contributed by atoms with Crippen LogP contribution in [0.25, 0.3) is 0 Å². The van der Waals surface area contributed by atoms with E-state index in [0.717, 1.165) is 58.0 Å². The van der Waals surface area contributed by atoms with Crippen molar-refractivity contribution in [1.29, 1.82) is 0 Å². The predicted octanol–water partition coefficient (Wildman–Crippen LogP) is 0.564. The highest BCUT2D eigenvalue weighted by Gasteiger charge is 2.24. The van der Waals surface area contributed by atoms with Crippen molar-refractivity contribution < 1.29 is 4.79 Å². The lowest BCUT2D eigenvalue weighted by Gasteiger charge is -2.35. The van der Waals surface area contributed by atoms with Gasteiger partial charge < -0.3 is 20.4 Å². The molecule has 0 saturated carbocycles. The number of carbonyl (C=O) groups excluding carboxylic acids is 1. The van der Waals surface area contributed by atoms with Gasteiger partial charge in [0.2, 0.25) is 5.95 Å². The summed E-state index contributed by atoms with van der Waals surface area (Å²) >= 11 is 0. The molecule has 0 radical (unpaired) electrons. The van der Waals surface area contributed by atoms with E-state index in [1.54, 1.807) is 6.20 Å². The molecule has 0 aromatic carbocycles. The lowest BCUT2D eigenvalue weighted by Crippen LogP contribution is -2.45. The SMILES string of the molecule is CC1CCN(c2nc(N3CCN(C)CC3)ncc2C(N)=O)CC1. The molecule has 7 heteroatoms. The smallest absolute Gasteiger partial charge is 0.254 e. The molecule has 1 amide bonds.